The van der Waals surface area contributed by atoms with Gasteiger partial charge in [0.1, 0.15) is 12.4 Å². The van der Waals surface area contributed by atoms with Crippen molar-refractivity contribution in [2.45, 2.75) is 38.2 Å². The fourth-order valence-electron chi connectivity index (χ4n) is 2.95. The summed E-state index contributed by atoms with van der Waals surface area (Å²) in [7, 11) is 0. The topological polar surface area (TPSA) is 69.0 Å². The van der Waals surface area contributed by atoms with E-state index in [9.17, 15) is 4.79 Å². The van der Waals surface area contributed by atoms with E-state index in [0.717, 1.165) is 11.1 Å². The van der Waals surface area contributed by atoms with Crippen molar-refractivity contribution in [1.82, 2.24) is 20.1 Å². The molecular formula is C23H25ClN4O2S. The number of ether oxygens (including phenoxy) is 1. The highest BCUT2D eigenvalue weighted by Gasteiger charge is 2.16. The zero-order valence-electron chi connectivity index (χ0n) is 17.5. The number of amides is 1. The number of rotatable bonds is 10. The summed E-state index contributed by atoms with van der Waals surface area (Å²) < 4.78 is 7.74. The van der Waals surface area contributed by atoms with Gasteiger partial charge in [-0.25, -0.2) is 0 Å². The van der Waals surface area contributed by atoms with Crippen LogP contribution in [-0.4, -0.2) is 26.4 Å². The maximum absolute atomic E-state index is 12.4. The Labute approximate surface area is 191 Å². The fourth-order valence-corrected chi connectivity index (χ4v) is 3.90. The minimum Gasteiger partial charge on any atom is -0.484 e. The first kappa shape index (κ1) is 22.9. The number of allylic oxidation sites excluding steroid dienone is 1. The van der Waals surface area contributed by atoms with E-state index in [4.69, 9.17) is 16.3 Å². The van der Waals surface area contributed by atoms with Crippen LogP contribution in [0.2, 0.25) is 5.02 Å². The predicted octanol–water partition coefficient (Wildman–Crippen LogP) is 4.97. The van der Waals surface area contributed by atoms with Gasteiger partial charge in [-0.05, 0) is 37.1 Å². The maximum atomic E-state index is 12.4. The summed E-state index contributed by atoms with van der Waals surface area (Å²) in [5, 5.41) is 12.6. The predicted molar refractivity (Wildman–Crippen MR) is 124 cm³/mol. The summed E-state index contributed by atoms with van der Waals surface area (Å²) in [5.74, 6) is 1.40. The Hall–Kier alpha value is -2.77. The molecule has 1 aromatic heterocycles. The molecule has 3 aromatic rings. The molecule has 1 heterocycles. The summed E-state index contributed by atoms with van der Waals surface area (Å²) in [6.07, 6.45) is 1.76. The van der Waals surface area contributed by atoms with Gasteiger partial charge in [0, 0.05) is 6.54 Å². The summed E-state index contributed by atoms with van der Waals surface area (Å²) in [6.45, 7) is 8.46. The van der Waals surface area contributed by atoms with Gasteiger partial charge in [-0.2, -0.15) is 0 Å². The van der Waals surface area contributed by atoms with Crippen molar-refractivity contribution in [3.05, 3.63) is 83.2 Å². The van der Waals surface area contributed by atoms with E-state index in [0.29, 0.717) is 28.3 Å². The lowest BCUT2D eigenvalue weighted by molar-refractivity contribution is -0.119. The monoisotopic (exact) mass is 456 g/mol. The first-order chi connectivity index (χ1) is 15.0. The van der Waals surface area contributed by atoms with Crippen LogP contribution in [0.5, 0.6) is 5.75 Å². The molecule has 0 radical (unpaired) electrons. The molecule has 162 valence electrons. The third kappa shape index (κ3) is 6.35. The summed E-state index contributed by atoms with van der Waals surface area (Å²) in [5.41, 5.74) is 2.11. The average Bonchev–Trinajstić information content (AvgIpc) is 3.15. The largest absolute Gasteiger partial charge is 0.484 e. The van der Waals surface area contributed by atoms with Gasteiger partial charge in [-0.3, -0.25) is 9.36 Å². The number of benzene rings is 2. The van der Waals surface area contributed by atoms with E-state index in [1.54, 1.807) is 12.1 Å². The van der Waals surface area contributed by atoms with Gasteiger partial charge in [0.15, 0.2) is 11.0 Å². The van der Waals surface area contributed by atoms with Crippen molar-refractivity contribution in [1.29, 1.82) is 0 Å². The molecule has 0 spiro atoms. The number of aryl methyl sites for hydroxylation is 1. The van der Waals surface area contributed by atoms with Gasteiger partial charge < -0.3 is 10.1 Å². The number of nitrogens with zero attached hydrogens (tertiary/aromatic N) is 3. The van der Waals surface area contributed by atoms with Gasteiger partial charge in [0.05, 0.1) is 16.8 Å². The molecule has 1 amide bonds. The Morgan fingerprint density at radius 2 is 2.06 bits per heavy atom. The molecular weight excluding hydrogens is 432 g/mol. The van der Waals surface area contributed by atoms with Crippen molar-refractivity contribution < 1.29 is 9.53 Å². The number of aromatic nitrogens is 3. The van der Waals surface area contributed by atoms with Crippen molar-refractivity contribution in [2.75, 3.05) is 5.75 Å². The highest BCUT2D eigenvalue weighted by atomic mass is 35.5. The molecule has 0 aliphatic rings. The van der Waals surface area contributed by atoms with Crippen LogP contribution in [0, 0.1) is 6.92 Å². The van der Waals surface area contributed by atoms with Crippen LogP contribution in [-0.2, 0) is 17.9 Å². The Kier molecular flexibility index (Phi) is 8.14. The molecule has 31 heavy (non-hydrogen) atoms. The lowest BCUT2D eigenvalue weighted by Gasteiger charge is -2.14. The number of hydrogen-bond acceptors (Lipinski definition) is 5. The Bertz CT molecular complexity index is 1040. The van der Waals surface area contributed by atoms with Crippen molar-refractivity contribution in [3.63, 3.8) is 0 Å². The minimum atomic E-state index is -0.0705. The summed E-state index contributed by atoms with van der Waals surface area (Å²) >= 11 is 7.53. The van der Waals surface area contributed by atoms with Crippen molar-refractivity contribution >= 4 is 29.3 Å². The van der Waals surface area contributed by atoms with E-state index >= 15 is 0 Å². The summed E-state index contributed by atoms with van der Waals surface area (Å²) in [4.78, 5) is 12.4. The second-order valence-electron chi connectivity index (χ2n) is 7.01. The normalized spacial score (nSPS) is 11.7. The Balaban J connectivity index is 1.61. The molecule has 0 bridgehead atoms. The van der Waals surface area contributed by atoms with Crippen LogP contribution in [0.15, 0.2) is 66.3 Å². The fraction of sp³-hybridized carbons (Fsp3) is 0.261. The zero-order chi connectivity index (χ0) is 22.2. The second-order valence-corrected chi connectivity index (χ2v) is 8.36. The standard InChI is InChI=1S/C23H25ClN4O2S/c1-4-12-28-21(14-30-20-13-16(2)10-11-19(20)24)26-27-23(28)31-15-22(29)25-17(3)18-8-6-5-7-9-18/h4-11,13,17H,1,12,14-15H2,2-3H3,(H,25,29). The molecule has 1 atom stereocenters. The lowest BCUT2D eigenvalue weighted by Crippen LogP contribution is -2.28. The maximum Gasteiger partial charge on any atom is 0.230 e. The number of nitrogens with one attached hydrogen (secondary N) is 1. The van der Waals surface area contributed by atoms with Gasteiger partial charge in [-0.1, -0.05) is 65.8 Å². The van der Waals surface area contributed by atoms with E-state index in [1.807, 2.05) is 60.9 Å². The summed E-state index contributed by atoms with van der Waals surface area (Å²) in [6, 6.07) is 15.4. The molecule has 8 heteroatoms. The van der Waals surface area contributed by atoms with Crippen LogP contribution in [0.1, 0.15) is 29.9 Å². The second kappa shape index (κ2) is 11.0. The molecule has 0 saturated carbocycles. The average molecular weight is 457 g/mol. The van der Waals surface area contributed by atoms with Crippen LogP contribution in [0.4, 0.5) is 0 Å². The van der Waals surface area contributed by atoms with E-state index < -0.39 is 0 Å². The molecule has 0 aliphatic heterocycles. The number of thioether (sulfide) groups is 1. The van der Waals surface area contributed by atoms with Gasteiger partial charge in [0.25, 0.3) is 0 Å². The van der Waals surface area contributed by atoms with Crippen LogP contribution in [0.25, 0.3) is 0 Å². The van der Waals surface area contributed by atoms with Crippen LogP contribution >= 0.6 is 23.4 Å². The van der Waals surface area contributed by atoms with Gasteiger partial charge in [0.2, 0.25) is 5.91 Å². The molecule has 0 fully saturated rings. The van der Waals surface area contributed by atoms with E-state index in [1.165, 1.54) is 11.8 Å². The molecule has 0 saturated heterocycles. The van der Waals surface area contributed by atoms with Crippen molar-refractivity contribution in [2.24, 2.45) is 0 Å². The third-order valence-corrected chi connectivity index (χ3v) is 5.84. The molecule has 0 aliphatic carbocycles. The lowest BCUT2D eigenvalue weighted by atomic mass is 10.1. The molecule has 1 unspecified atom stereocenters. The molecule has 6 nitrogen and oxygen atoms in total. The number of carbonyl (C=O) groups is 1. The number of halogens is 1. The first-order valence-electron chi connectivity index (χ1n) is 9.87. The Morgan fingerprint density at radius 1 is 1.29 bits per heavy atom. The van der Waals surface area contributed by atoms with E-state index in [-0.39, 0.29) is 24.3 Å². The SMILES string of the molecule is C=CCn1c(COc2cc(C)ccc2Cl)nnc1SCC(=O)NC(C)c1ccccc1. The first-order valence-corrected chi connectivity index (χ1v) is 11.2. The third-order valence-electron chi connectivity index (χ3n) is 4.56. The number of hydrogen-bond donors (Lipinski definition) is 1. The van der Waals surface area contributed by atoms with Crippen LogP contribution in [0.3, 0.4) is 0 Å². The quantitative estimate of drug-likeness (QED) is 0.344. The highest BCUT2D eigenvalue weighted by Crippen LogP contribution is 2.26. The zero-order valence-corrected chi connectivity index (χ0v) is 19.1. The molecule has 1 N–H and O–H groups in total. The van der Waals surface area contributed by atoms with Gasteiger partial charge >= 0.3 is 0 Å². The van der Waals surface area contributed by atoms with Crippen LogP contribution < -0.4 is 10.1 Å². The molecule has 3 rings (SSSR count). The minimum absolute atomic E-state index is 0.0663. The highest BCUT2D eigenvalue weighted by molar-refractivity contribution is 7.99. The Morgan fingerprint density at radius 3 is 2.81 bits per heavy atom. The smallest absolute Gasteiger partial charge is 0.230 e. The van der Waals surface area contributed by atoms with Crippen molar-refractivity contribution in [3.8, 4) is 5.75 Å². The molecule has 2 aromatic carbocycles. The van der Waals surface area contributed by atoms with Gasteiger partial charge in [-0.15, -0.1) is 16.8 Å². The number of carbonyl (C=O) groups excluding carboxylic acids is 1. The van der Waals surface area contributed by atoms with E-state index in [2.05, 4.69) is 22.1 Å².